The molecule has 1 aromatic rings. The summed E-state index contributed by atoms with van der Waals surface area (Å²) in [5.74, 6) is 1.02. The van der Waals surface area contributed by atoms with Gasteiger partial charge in [0.2, 0.25) is 0 Å². The average molecular weight is 264 g/mol. The Morgan fingerprint density at radius 3 is 3.00 bits per heavy atom. The molecule has 1 aliphatic heterocycles. The van der Waals surface area contributed by atoms with Crippen molar-refractivity contribution in [3.05, 3.63) is 23.3 Å². The zero-order valence-corrected chi connectivity index (χ0v) is 11.4. The van der Waals surface area contributed by atoms with Crippen LogP contribution in [0.4, 0.5) is 0 Å². The molecule has 0 aliphatic carbocycles. The van der Waals surface area contributed by atoms with Crippen LogP contribution in [0.3, 0.4) is 0 Å². The minimum Gasteiger partial charge on any atom is -0.494 e. The van der Waals surface area contributed by atoms with Gasteiger partial charge in [-0.25, -0.2) is 0 Å². The minimum absolute atomic E-state index is 0.180. The molecule has 19 heavy (non-hydrogen) atoms. The number of rotatable bonds is 6. The highest BCUT2D eigenvalue weighted by atomic mass is 16.5. The first-order valence-corrected chi connectivity index (χ1v) is 6.77. The zero-order chi connectivity index (χ0) is 13.8. The lowest BCUT2D eigenvalue weighted by Gasteiger charge is -2.12. The summed E-state index contributed by atoms with van der Waals surface area (Å²) in [6, 6.07) is 4.05. The predicted molar refractivity (Wildman–Crippen MR) is 72.0 cm³/mol. The molecule has 104 valence electrons. The van der Waals surface area contributed by atoms with Gasteiger partial charge < -0.3 is 14.6 Å². The number of carboxylic acid groups (broad SMARTS) is 1. The van der Waals surface area contributed by atoms with Crippen LogP contribution in [-0.2, 0) is 17.6 Å². The Morgan fingerprint density at radius 2 is 2.32 bits per heavy atom. The van der Waals surface area contributed by atoms with Crippen LogP contribution in [0.25, 0.3) is 0 Å². The first-order valence-electron chi connectivity index (χ1n) is 6.77. The monoisotopic (exact) mass is 264 g/mol. The molecule has 0 amide bonds. The van der Waals surface area contributed by atoms with E-state index >= 15 is 0 Å². The van der Waals surface area contributed by atoms with E-state index in [9.17, 15) is 4.79 Å². The van der Waals surface area contributed by atoms with Crippen molar-refractivity contribution in [2.45, 2.75) is 45.6 Å². The highest BCUT2D eigenvalue weighted by molar-refractivity contribution is 5.66. The normalized spacial score (nSPS) is 16.8. The van der Waals surface area contributed by atoms with Gasteiger partial charge >= 0.3 is 5.97 Å². The molecule has 1 unspecified atom stereocenters. The third-order valence-electron chi connectivity index (χ3n) is 3.22. The number of aryl methyl sites for hydroxylation is 1. The summed E-state index contributed by atoms with van der Waals surface area (Å²) in [7, 11) is 0. The van der Waals surface area contributed by atoms with E-state index in [2.05, 4.69) is 0 Å². The maximum absolute atomic E-state index is 10.6. The molecule has 0 aromatic heterocycles. The van der Waals surface area contributed by atoms with Crippen LogP contribution in [0.5, 0.6) is 11.5 Å². The number of aliphatic carboxylic acids is 1. The van der Waals surface area contributed by atoms with Crippen LogP contribution in [-0.4, -0.2) is 23.8 Å². The molecule has 4 heteroatoms. The average Bonchev–Trinajstić information content (AvgIpc) is 2.68. The number of hydrogen-bond donors (Lipinski definition) is 1. The fourth-order valence-electron chi connectivity index (χ4n) is 2.40. The Labute approximate surface area is 113 Å². The second-order valence-corrected chi connectivity index (χ2v) is 4.88. The summed E-state index contributed by atoms with van der Waals surface area (Å²) in [5.41, 5.74) is 2.22. The van der Waals surface area contributed by atoms with Crippen LogP contribution in [0.2, 0.25) is 0 Å². The molecule has 1 aliphatic rings. The molecule has 1 atom stereocenters. The molecule has 1 N–H and O–H groups in total. The molecule has 0 saturated carbocycles. The standard InChI is InChI=1S/C15H20O4/c1-3-18-13-9-12-7-10(2)19-14(12)8-11(13)5-4-6-15(16)17/h8-10H,3-7H2,1-2H3,(H,16,17). The lowest BCUT2D eigenvalue weighted by atomic mass is 10.0. The van der Waals surface area contributed by atoms with E-state index in [0.717, 1.165) is 23.5 Å². The maximum atomic E-state index is 10.6. The van der Waals surface area contributed by atoms with Gasteiger partial charge in [-0.1, -0.05) is 0 Å². The van der Waals surface area contributed by atoms with Gasteiger partial charge in [0.25, 0.3) is 0 Å². The second kappa shape index (κ2) is 5.95. The number of carbonyl (C=O) groups is 1. The van der Waals surface area contributed by atoms with Crippen molar-refractivity contribution >= 4 is 5.97 Å². The van der Waals surface area contributed by atoms with E-state index in [1.807, 2.05) is 26.0 Å². The molecule has 2 rings (SSSR count). The van der Waals surface area contributed by atoms with Crippen molar-refractivity contribution in [2.24, 2.45) is 0 Å². The van der Waals surface area contributed by atoms with Crippen LogP contribution >= 0.6 is 0 Å². The number of carboxylic acids is 1. The summed E-state index contributed by atoms with van der Waals surface area (Å²) in [4.78, 5) is 10.6. The second-order valence-electron chi connectivity index (χ2n) is 4.88. The van der Waals surface area contributed by atoms with E-state index < -0.39 is 5.97 Å². The third-order valence-corrected chi connectivity index (χ3v) is 3.22. The van der Waals surface area contributed by atoms with Crippen LogP contribution in [0.15, 0.2) is 12.1 Å². The molecule has 1 heterocycles. The summed E-state index contributed by atoms with van der Waals surface area (Å²) < 4.78 is 11.4. The molecule has 0 radical (unpaired) electrons. The van der Waals surface area contributed by atoms with Gasteiger partial charge in [-0.2, -0.15) is 0 Å². The smallest absolute Gasteiger partial charge is 0.303 e. The zero-order valence-electron chi connectivity index (χ0n) is 11.4. The lowest BCUT2D eigenvalue weighted by molar-refractivity contribution is -0.137. The fraction of sp³-hybridized carbons (Fsp3) is 0.533. The van der Waals surface area contributed by atoms with Gasteiger partial charge in [-0.15, -0.1) is 0 Å². The van der Waals surface area contributed by atoms with Gasteiger partial charge in [0.15, 0.2) is 0 Å². The maximum Gasteiger partial charge on any atom is 0.303 e. The summed E-state index contributed by atoms with van der Waals surface area (Å²) >= 11 is 0. The van der Waals surface area contributed by atoms with Gasteiger partial charge in [0.05, 0.1) is 6.61 Å². The van der Waals surface area contributed by atoms with Crippen LogP contribution in [0, 0.1) is 0 Å². The van der Waals surface area contributed by atoms with Crippen molar-refractivity contribution in [3.63, 3.8) is 0 Å². The van der Waals surface area contributed by atoms with E-state index in [0.29, 0.717) is 19.4 Å². The highest BCUT2D eigenvalue weighted by Crippen LogP contribution is 2.35. The number of ether oxygens (including phenoxy) is 2. The molecule has 0 bridgehead atoms. The number of benzene rings is 1. The molecular formula is C15H20O4. The molecular weight excluding hydrogens is 244 g/mol. The SMILES string of the molecule is CCOc1cc2c(cc1CCCC(=O)O)OC(C)C2. The molecule has 0 saturated heterocycles. The Bertz CT molecular complexity index is 467. The van der Waals surface area contributed by atoms with Gasteiger partial charge in [-0.3, -0.25) is 4.79 Å². The first-order chi connectivity index (χ1) is 9.10. The first kappa shape index (κ1) is 13.7. The summed E-state index contributed by atoms with van der Waals surface area (Å²) in [6.45, 7) is 4.61. The van der Waals surface area contributed by atoms with Crippen molar-refractivity contribution < 1.29 is 19.4 Å². The van der Waals surface area contributed by atoms with Crippen molar-refractivity contribution in [3.8, 4) is 11.5 Å². The summed E-state index contributed by atoms with van der Waals surface area (Å²) in [5, 5.41) is 8.70. The van der Waals surface area contributed by atoms with Gasteiger partial charge in [-0.05, 0) is 44.4 Å². The highest BCUT2D eigenvalue weighted by Gasteiger charge is 2.21. The van der Waals surface area contributed by atoms with E-state index in [-0.39, 0.29) is 12.5 Å². The van der Waals surface area contributed by atoms with Gasteiger partial charge in [0, 0.05) is 18.4 Å². The Balaban J connectivity index is 2.15. The van der Waals surface area contributed by atoms with E-state index in [4.69, 9.17) is 14.6 Å². The van der Waals surface area contributed by atoms with Crippen molar-refractivity contribution in [1.82, 2.24) is 0 Å². The van der Waals surface area contributed by atoms with Crippen LogP contribution < -0.4 is 9.47 Å². The Morgan fingerprint density at radius 1 is 1.53 bits per heavy atom. The fourth-order valence-corrected chi connectivity index (χ4v) is 2.40. The summed E-state index contributed by atoms with van der Waals surface area (Å²) in [6.07, 6.45) is 2.61. The van der Waals surface area contributed by atoms with E-state index in [1.165, 1.54) is 5.56 Å². The Kier molecular flexibility index (Phi) is 4.30. The lowest BCUT2D eigenvalue weighted by Crippen LogP contribution is -2.05. The third kappa shape index (κ3) is 3.40. The van der Waals surface area contributed by atoms with Crippen LogP contribution in [0.1, 0.15) is 37.8 Å². The molecule has 0 spiro atoms. The predicted octanol–water partition coefficient (Wildman–Crippen LogP) is 2.82. The Hall–Kier alpha value is -1.71. The minimum atomic E-state index is -0.760. The quantitative estimate of drug-likeness (QED) is 0.858. The topological polar surface area (TPSA) is 55.8 Å². The number of fused-ring (bicyclic) bond motifs is 1. The van der Waals surface area contributed by atoms with Crippen molar-refractivity contribution in [1.29, 1.82) is 0 Å². The molecule has 4 nitrogen and oxygen atoms in total. The van der Waals surface area contributed by atoms with E-state index in [1.54, 1.807) is 0 Å². The van der Waals surface area contributed by atoms with Gasteiger partial charge in [0.1, 0.15) is 17.6 Å². The number of hydrogen-bond acceptors (Lipinski definition) is 3. The van der Waals surface area contributed by atoms with Crippen molar-refractivity contribution in [2.75, 3.05) is 6.61 Å². The molecule has 1 aromatic carbocycles. The molecule has 0 fully saturated rings. The largest absolute Gasteiger partial charge is 0.494 e.